The van der Waals surface area contributed by atoms with Gasteiger partial charge in [-0.3, -0.25) is 0 Å². The van der Waals surface area contributed by atoms with Crippen LogP contribution in [0.1, 0.15) is 25.2 Å². The van der Waals surface area contributed by atoms with Gasteiger partial charge in [0, 0.05) is 6.61 Å². The molecule has 0 aliphatic rings. The summed E-state index contributed by atoms with van der Waals surface area (Å²) in [6, 6.07) is 0. The Morgan fingerprint density at radius 1 is 1.58 bits per heavy atom. The molecule has 19 heavy (non-hydrogen) atoms. The number of rotatable bonds is 5. The maximum Gasteiger partial charge on any atom is 0.269 e. The number of thiophene rings is 1. The van der Waals surface area contributed by atoms with Crippen molar-refractivity contribution in [3.8, 4) is 10.8 Å². The molecule has 0 aromatic carbocycles. The normalized spacial score (nSPS) is 14.6. The molecule has 1 atom stereocenters. The molecule has 0 aliphatic carbocycles. The van der Waals surface area contributed by atoms with Crippen LogP contribution in [0.2, 0.25) is 5.02 Å². The van der Waals surface area contributed by atoms with Crippen molar-refractivity contribution in [2.24, 2.45) is 5.73 Å². The van der Waals surface area contributed by atoms with Crippen LogP contribution in [-0.2, 0) is 10.3 Å². The minimum Gasteiger partial charge on any atom is -0.379 e. The van der Waals surface area contributed by atoms with Crippen molar-refractivity contribution < 1.29 is 9.26 Å². The van der Waals surface area contributed by atoms with Gasteiger partial charge in [0.05, 0.1) is 11.6 Å². The van der Waals surface area contributed by atoms with Crippen LogP contribution in [0, 0.1) is 6.92 Å². The number of aryl methyl sites for hydroxylation is 1. The third-order valence-corrected chi connectivity index (χ3v) is 4.32. The summed E-state index contributed by atoms with van der Waals surface area (Å²) in [6.45, 7) is 6.57. The molecule has 2 N–H and O–H groups in total. The van der Waals surface area contributed by atoms with Crippen LogP contribution in [0.4, 0.5) is 0 Å². The largest absolute Gasteiger partial charge is 0.379 e. The second kappa shape index (κ2) is 5.58. The van der Waals surface area contributed by atoms with Crippen LogP contribution in [0.5, 0.6) is 0 Å². The van der Waals surface area contributed by atoms with Crippen LogP contribution in [0.3, 0.4) is 0 Å². The van der Waals surface area contributed by atoms with E-state index in [1.54, 1.807) is 6.92 Å². The van der Waals surface area contributed by atoms with E-state index in [1.165, 1.54) is 11.3 Å². The first-order valence-corrected chi connectivity index (χ1v) is 7.16. The lowest BCUT2D eigenvalue weighted by Crippen LogP contribution is -2.39. The van der Waals surface area contributed by atoms with E-state index in [0.29, 0.717) is 30.0 Å². The average molecular weight is 302 g/mol. The summed E-state index contributed by atoms with van der Waals surface area (Å²) in [4.78, 5) is 5.09. The Labute approximate surface area is 120 Å². The number of hydrogen-bond acceptors (Lipinski definition) is 6. The summed E-state index contributed by atoms with van der Waals surface area (Å²) in [5, 5.41) is 6.51. The number of halogens is 1. The zero-order chi connectivity index (χ0) is 14.0. The molecule has 0 aliphatic heterocycles. The summed E-state index contributed by atoms with van der Waals surface area (Å²) in [5.41, 5.74) is 6.33. The second-order valence-corrected chi connectivity index (χ2v) is 5.80. The molecule has 5 nitrogen and oxygen atoms in total. The highest BCUT2D eigenvalue weighted by Gasteiger charge is 2.29. The highest BCUT2D eigenvalue weighted by atomic mass is 35.5. The molecule has 0 saturated carbocycles. The van der Waals surface area contributed by atoms with E-state index >= 15 is 0 Å². The van der Waals surface area contributed by atoms with Crippen LogP contribution in [-0.4, -0.2) is 23.4 Å². The van der Waals surface area contributed by atoms with Gasteiger partial charge in [0.25, 0.3) is 5.89 Å². The van der Waals surface area contributed by atoms with Crippen molar-refractivity contribution in [2.75, 3.05) is 13.2 Å². The van der Waals surface area contributed by atoms with E-state index < -0.39 is 5.54 Å². The third-order valence-electron chi connectivity index (χ3n) is 2.64. The fraction of sp³-hybridized carbons (Fsp3) is 0.500. The standard InChI is InChI=1S/C12H16ClN3O2S/c1-4-17-6-12(3,14)11-15-10(18-16-11)9-8(13)7(2)5-19-9/h5H,4,6,14H2,1-3H3. The second-order valence-electron chi connectivity index (χ2n) is 4.54. The van der Waals surface area contributed by atoms with E-state index in [4.69, 9.17) is 26.6 Å². The summed E-state index contributed by atoms with van der Waals surface area (Å²) in [7, 11) is 0. The summed E-state index contributed by atoms with van der Waals surface area (Å²) < 4.78 is 10.6. The van der Waals surface area contributed by atoms with Gasteiger partial charge in [-0.1, -0.05) is 16.8 Å². The maximum atomic E-state index is 6.18. The van der Waals surface area contributed by atoms with Gasteiger partial charge in [-0.25, -0.2) is 0 Å². The monoisotopic (exact) mass is 301 g/mol. The highest BCUT2D eigenvalue weighted by Crippen LogP contribution is 2.35. The van der Waals surface area contributed by atoms with E-state index in [0.717, 1.165) is 10.4 Å². The molecule has 0 fully saturated rings. The molecule has 104 valence electrons. The van der Waals surface area contributed by atoms with Gasteiger partial charge in [0.1, 0.15) is 10.4 Å². The van der Waals surface area contributed by atoms with Gasteiger partial charge in [0.15, 0.2) is 5.82 Å². The lowest BCUT2D eigenvalue weighted by atomic mass is 10.1. The molecular weight excluding hydrogens is 286 g/mol. The Morgan fingerprint density at radius 3 is 2.89 bits per heavy atom. The van der Waals surface area contributed by atoms with Crippen molar-refractivity contribution in [2.45, 2.75) is 26.3 Å². The molecule has 1 unspecified atom stereocenters. The van der Waals surface area contributed by atoms with Gasteiger partial charge < -0.3 is 15.0 Å². The number of ether oxygens (including phenoxy) is 1. The molecule has 2 rings (SSSR count). The molecule has 7 heteroatoms. The molecule has 0 spiro atoms. The van der Waals surface area contributed by atoms with Gasteiger partial charge >= 0.3 is 0 Å². The highest BCUT2D eigenvalue weighted by molar-refractivity contribution is 7.14. The minimum absolute atomic E-state index is 0.333. The molecule has 0 amide bonds. The maximum absolute atomic E-state index is 6.18. The smallest absolute Gasteiger partial charge is 0.269 e. The van der Waals surface area contributed by atoms with Gasteiger partial charge in [-0.05, 0) is 31.7 Å². The van der Waals surface area contributed by atoms with E-state index in [1.807, 2.05) is 19.2 Å². The van der Waals surface area contributed by atoms with Crippen molar-refractivity contribution in [3.63, 3.8) is 0 Å². The minimum atomic E-state index is -0.781. The van der Waals surface area contributed by atoms with Gasteiger partial charge in [-0.15, -0.1) is 11.3 Å². The SMILES string of the molecule is CCOCC(C)(N)c1noc(-c2scc(C)c2Cl)n1. The number of hydrogen-bond donors (Lipinski definition) is 1. The Kier molecular flexibility index (Phi) is 4.25. The van der Waals surface area contributed by atoms with Crippen LogP contribution < -0.4 is 5.73 Å². The zero-order valence-corrected chi connectivity index (χ0v) is 12.6. The van der Waals surface area contributed by atoms with Crippen LogP contribution >= 0.6 is 22.9 Å². The first kappa shape index (κ1) is 14.5. The number of nitrogens with two attached hydrogens (primary N) is 1. The van der Waals surface area contributed by atoms with Gasteiger partial charge in [0.2, 0.25) is 0 Å². The Hall–Kier alpha value is -0.950. The Bertz CT molecular complexity index is 565. The first-order chi connectivity index (χ1) is 8.95. The van der Waals surface area contributed by atoms with Gasteiger partial charge in [-0.2, -0.15) is 4.98 Å². The topological polar surface area (TPSA) is 74.2 Å². The fourth-order valence-corrected chi connectivity index (χ4v) is 2.69. The van der Waals surface area contributed by atoms with Crippen LogP contribution in [0.15, 0.2) is 9.90 Å². The molecule has 2 aromatic rings. The molecule has 0 saturated heterocycles. The quantitative estimate of drug-likeness (QED) is 0.919. The zero-order valence-electron chi connectivity index (χ0n) is 11.1. The van der Waals surface area contributed by atoms with Crippen molar-refractivity contribution in [1.29, 1.82) is 0 Å². The van der Waals surface area contributed by atoms with E-state index in [2.05, 4.69) is 10.1 Å². The molecule has 2 heterocycles. The summed E-state index contributed by atoms with van der Waals surface area (Å²) >= 11 is 7.65. The summed E-state index contributed by atoms with van der Waals surface area (Å²) in [6.07, 6.45) is 0. The average Bonchev–Trinajstić information content (AvgIpc) is 2.96. The fourth-order valence-electron chi connectivity index (χ4n) is 1.50. The lowest BCUT2D eigenvalue weighted by molar-refractivity contribution is 0.0962. The van der Waals surface area contributed by atoms with Crippen molar-refractivity contribution in [1.82, 2.24) is 10.1 Å². The molecule has 2 aromatic heterocycles. The third kappa shape index (κ3) is 2.97. The lowest BCUT2D eigenvalue weighted by Gasteiger charge is -2.19. The summed E-state index contributed by atoms with van der Waals surface area (Å²) in [5.74, 6) is 0.810. The van der Waals surface area contributed by atoms with Crippen LogP contribution in [0.25, 0.3) is 10.8 Å². The predicted molar refractivity (Wildman–Crippen MR) is 75.4 cm³/mol. The first-order valence-electron chi connectivity index (χ1n) is 5.90. The van der Waals surface area contributed by atoms with E-state index in [-0.39, 0.29) is 0 Å². The van der Waals surface area contributed by atoms with E-state index in [9.17, 15) is 0 Å². The Balaban J connectivity index is 2.26. The Morgan fingerprint density at radius 2 is 2.32 bits per heavy atom. The predicted octanol–water partition coefficient (Wildman–Crippen LogP) is 2.97. The van der Waals surface area contributed by atoms with Crippen molar-refractivity contribution >= 4 is 22.9 Å². The molecular formula is C12H16ClN3O2S. The van der Waals surface area contributed by atoms with Crippen molar-refractivity contribution in [3.05, 3.63) is 21.8 Å². The number of aromatic nitrogens is 2. The number of nitrogens with zero attached hydrogens (tertiary/aromatic N) is 2. The molecule has 0 bridgehead atoms. The molecule has 0 radical (unpaired) electrons.